The molecule has 0 unspecified atom stereocenters. The summed E-state index contributed by atoms with van der Waals surface area (Å²) in [6, 6.07) is 9.28. The molecule has 21 heavy (non-hydrogen) atoms. The molecule has 4 nitrogen and oxygen atoms in total. The van der Waals surface area contributed by atoms with Gasteiger partial charge in [0, 0.05) is 11.4 Å². The first-order chi connectivity index (χ1) is 9.83. The highest BCUT2D eigenvalue weighted by atomic mass is 79.9. The lowest BCUT2D eigenvalue weighted by Gasteiger charge is -2.11. The Kier molecular flexibility index (Phi) is 4.53. The van der Waals surface area contributed by atoms with Crippen molar-refractivity contribution in [3.63, 3.8) is 0 Å². The maximum absolute atomic E-state index is 14.0. The lowest BCUT2D eigenvalue weighted by molar-refractivity contribution is 0.567. The van der Waals surface area contributed by atoms with E-state index in [0.29, 0.717) is 5.69 Å². The van der Waals surface area contributed by atoms with Gasteiger partial charge in [0.25, 0.3) is 10.0 Å². The monoisotopic (exact) mass is 372 g/mol. The van der Waals surface area contributed by atoms with Crippen LogP contribution in [0.25, 0.3) is 0 Å². The number of nitrogen functional groups attached to an aromatic ring is 1. The quantitative estimate of drug-likeness (QED) is 0.806. The topological polar surface area (TPSA) is 72.2 Å². The second kappa shape index (κ2) is 6.03. The molecule has 0 amide bonds. The first kappa shape index (κ1) is 15.8. The van der Waals surface area contributed by atoms with Crippen molar-refractivity contribution in [3.05, 3.63) is 52.3 Å². The number of hydrogen-bond acceptors (Lipinski definition) is 3. The van der Waals surface area contributed by atoms with Crippen molar-refractivity contribution in [3.8, 4) is 0 Å². The van der Waals surface area contributed by atoms with Crippen molar-refractivity contribution < 1.29 is 12.8 Å². The van der Waals surface area contributed by atoms with Crippen LogP contribution in [0, 0.1) is 5.82 Å². The van der Waals surface area contributed by atoms with Gasteiger partial charge in [0.1, 0.15) is 4.90 Å². The van der Waals surface area contributed by atoms with Crippen molar-refractivity contribution in [2.24, 2.45) is 0 Å². The van der Waals surface area contributed by atoms with Crippen LogP contribution in [0.2, 0.25) is 0 Å². The van der Waals surface area contributed by atoms with Gasteiger partial charge in [-0.1, -0.05) is 19.1 Å². The number of rotatable bonds is 4. The van der Waals surface area contributed by atoms with Gasteiger partial charge in [-0.2, -0.15) is 0 Å². The third-order valence-corrected chi connectivity index (χ3v) is 4.88. The van der Waals surface area contributed by atoms with E-state index in [1.165, 1.54) is 6.07 Å². The van der Waals surface area contributed by atoms with E-state index in [9.17, 15) is 12.8 Å². The van der Waals surface area contributed by atoms with Crippen molar-refractivity contribution in [2.75, 3.05) is 10.5 Å². The van der Waals surface area contributed by atoms with E-state index >= 15 is 0 Å². The van der Waals surface area contributed by atoms with Crippen LogP contribution in [0.1, 0.15) is 12.5 Å². The molecule has 0 heterocycles. The largest absolute Gasteiger partial charge is 0.399 e. The molecule has 0 aliphatic carbocycles. The van der Waals surface area contributed by atoms with Crippen LogP contribution in [-0.2, 0) is 16.4 Å². The van der Waals surface area contributed by atoms with Gasteiger partial charge in [-0.05, 0) is 52.2 Å². The molecular weight excluding hydrogens is 359 g/mol. The lowest BCUT2D eigenvalue weighted by atomic mass is 10.2. The summed E-state index contributed by atoms with van der Waals surface area (Å²) in [6.45, 7) is 2.00. The SMILES string of the molecule is CCc1ccc(NS(=O)(=O)c2cc(N)cc(Br)c2F)cc1. The zero-order valence-electron chi connectivity index (χ0n) is 11.2. The van der Waals surface area contributed by atoms with Gasteiger partial charge >= 0.3 is 0 Å². The maximum atomic E-state index is 14.0. The van der Waals surface area contributed by atoms with Gasteiger partial charge in [-0.3, -0.25) is 4.72 Å². The van der Waals surface area contributed by atoms with Gasteiger partial charge in [-0.25, -0.2) is 12.8 Å². The standard InChI is InChI=1S/C14H14BrFN2O2S/c1-2-9-3-5-11(6-4-9)18-21(19,20)13-8-10(17)7-12(15)14(13)16/h3-8,18H,2,17H2,1H3. The zero-order valence-corrected chi connectivity index (χ0v) is 13.6. The van der Waals surface area contributed by atoms with Gasteiger partial charge in [-0.15, -0.1) is 0 Å². The number of benzene rings is 2. The fourth-order valence-corrected chi connectivity index (χ4v) is 3.60. The Morgan fingerprint density at radius 1 is 1.24 bits per heavy atom. The minimum Gasteiger partial charge on any atom is -0.399 e. The molecule has 0 aliphatic rings. The fraction of sp³-hybridized carbons (Fsp3) is 0.143. The molecule has 0 aromatic heterocycles. The molecule has 2 aromatic carbocycles. The zero-order chi connectivity index (χ0) is 15.6. The van der Waals surface area contributed by atoms with E-state index in [4.69, 9.17) is 5.73 Å². The third-order valence-electron chi connectivity index (χ3n) is 2.92. The van der Waals surface area contributed by atoms with Crippen LogP contribution in [0.5, 0.6) is 0 Å². The number of hydrogen-bond donors (Lipinski definition) is 2. The Bertz CT molecular complexity index is 761. The van der Waals surface area contributed by atoms with E-state index in [1.807, 2.05) is 19.1 Å². The molecule has 0 bridgehead atoms. The van der Waals surface area contributed by atoms with Crippen LogP contribution in [0.15, 0.2) is 45.8 Å². The summed E-state index contributed by atoms with van der Waals surface area (Å²) in [6.07, 6.45) is 0.851. The molecule has 2 rings (SSSR count). The first-order valence-electron chi connectivity index (χ1n) is 6.19. The second-order valence-corrected chi connectivity index (χ2v) is 6.98. The highest BCUT2D eigenvalue weighted by molar-refractivity contribution is 9.10. The van der Waals surface area contributed by atoms with Crippen LogP contribution < -0.4 is 10.5 Å². The van der Waals surface area contributed by atoms with E-state index in [0.717, 1.165) is 18.1 Å². The van der Waals surface area contributed by atoms with Crippen molar-refractivity contribution in [2.45, 2.75) is 18.2 Å². The Morgan fingerprint density at radius 2 is 1.86 bits per heavy atom. The molecule has 0 fully saturated rings. The third kappa shape index (κ3) is 3.54. The number of nitrogens with two attached hydrogens (primary N) is 1. The molecule has 7 heteroatoms. The van der Waals surface area contributed by atoms with E-state index in [-0.39, 0.29) is 10.2 Å². The van der Waals surface area contributed by atoms with Crippen LogP contribution in [0.4, 0.5) is 15.8 Å². The van der Waals surface area contributed by atoms with E-state index in [2.05, 4.69) is 20.7 Å². The smallest absolute Gasteiger partial charge is 0.264 e. The number of halogens is 2. The van der Waals surface area contributed by atoms with E-state index in [1.54, 1.807) is 12.1 Å². The van der Waals surface area contributed by atoms with Gasteiger partial charge in [0.05, 0.1) is 4.47 Å². The summed E-state index contributed by atoms with van der Waals surface area (Å²) in [5, 5.41) is 0. The number of aryl methyl sites for hydroxylation is 1. The van der Waals surface area contributed by atoms with Crippen molar-refractivity contribution in [1.82, 2.24) is 0 Å². The van der Waals surface area contributed by atoms with Crippen LogP contribution >= 0.6 is 15.9 Å². The highest BCUT2D eigenvalue weighted by Crippen LogP contribution is 2.27. The first-order valence-corrected chi connectivity index (χ1v) is 8.47. The summed E-state index contributed by atoms with van der Waals surface area (Å²) in [5.74, 6) is -0.873. The van der Waals surface area contributed by atoms with Gasteiger partial charge in [0.15, 0.2) is 5.82 Å². The molecule has 0 radical (unpaired) electrons. The molecule has 0 aliphatic heterocycles. The molecule has 0 spiro atoms. The Balaban J connectivity index is 2.38. The average molecular weight is 373 g/mol. The second-order valence-electron chi connectivity index (χ2n) is 4.47. The summed E-state index contributed by atoms with van der Waals surface area (Å²) >= 11 is 2.95. The predicted octanol–water partition coefficient (Wildman–Crippen LogP) is 3.53. The summed E-state index contributed by atoms with van der Waals surface area (Å²) in [4.78, 5) is -0.492. The van der Waals surface area contributed by atoms with Gasteiger partial charge < -0.3 is 5.73 Å². The molecule has 112 valence electrons. The average Bonchev–Trinajstić information content (AvgIpc) is 2.43. The van der Waals surface area contributed by atoms with E-state index < -0.39 is 20.7 Å². The highest BCUT2D eigenvalue weighted by Gasteiger charge is 2.21. The van der Waals surface area contributed by atoms with Gasteiger partial charge in [0.2, 0.25) is 0 Å². The minimum absolute atomic E-state index is 0.00389. The molecule has 0 saturated carbocycles. The predicted molar refractivity (Wildman–Crippen MR) is 85.1 cm³/mol. The van der Waals surface area contributed by atoms with Crippen LogP contribution in [-0.4, -0.2) is 8.42 Å². The summed E-state index contributed by atoms with van der Waals surface area (Å²) in [5.41, 5.74) is 7.17. The summed E-state index contributed by atoms with van der Waals surface area (Å²) < 4.78 is 40.8. The molecule has 0 saturated heterocycles. The number of nitrogens with one attached hydrogen (secondary N) is 1. The van der Waals surface area contributed by atoms with Crippen LogP contribution in [0.3, 0.4) is 0 Å². The number of sulfonamides is 1. The number of anilines is 2. The molecular formula is C14H14BrFN2O2S. The van der Waals surface area contributed by atoms with Crippen molar-refractivity contribution in [1.29, 1.82) is 0 Å². The Hall–Kier alpha value is -1.60. The molecule has 2 aromatic rings. The maximum Gasteiger partial charge on any atom is 0.264 e. The lowest BCUT2D eigenvalue weighted by Crippen LogP contribution is -2.15. The Morgan fingerprint density at radius 3 is 2.43 bits per heavy atom. The summed E-state index contributed by atoms with van der Waals surface area (Å²) in [7, 11) is -4.04. The Labute approximate surface area is 131 Å². The minimum atomic E-state index is -4.04. The fourth-order valence-electron chi connectivity index (χ4n) is 1.80. The normalized spacial score (nSPS) is 11.4. The molecule has 3 N–H and O–H groups in total. The molecule has 0 atom stereocenters. The van der Waals surface area contributed by atoms with Crippen molar-refractivity contribution >= 4 is 37.3 Å².